The predicted octanol–water partition coefficient (Wildman–Crippen LogP) is 3.87. The molecular weight excluding hydrogens is 521 g/mol. The van der Waals surface area contributed by atoms with E-state index in [1.54, 1.807) is 6.92 Å². The van der Waals surface area contributed by atoms with Gasteiger partial charge in [0.15, 0.2) is 0 Å². The Hall–Kier alpha value is -3.60. The summed E-state index contributed by atoms with van der Waals surface area (Å²) in [6.07, 6.45) is -0.450. The van der Waals surface area contributed by atoms with Gasteiger partial charge < -0.3 is 15.7 Å². The fraction of sp³-hybridized carbons (Fsp3) is 0.273. The van der Waals surface area contributed by atoms with E-state index in [1.165, 1.54) is 18.6 Å². The van der Waals surface area contributed by atoms with Crippen LogP contribution in [0.15, 0.2) is 30.9 Å². The second-order valence-corrected chi connectivity index (χ2v) is 8.65. The van der Waals surface area contributed by atoms with Crippen LogP contribution in [-0.2, 0) is 6.18 Å². The number of carbonyl (C=O) groups excluding carboxylic acids is 2. The summed E-state index contributed by atoms with van der Waals surface area (Å²) in [5, 5.41) is 13.6. The van der Waals surface area contributed by atoms with E-state index >= 15 is 0 Å². The summed E-state index contributed by atoms with van der Waals surface area (Å²) in [7, 11) is 0. The van der Waals surface area contributed by atoms with Crippen molar-refractivity contribution < 1.29 is 27.9 Å². The third-order valence-corrected chi connectivity index (χ3v) is 5.92. The van der Waals surface area contributed by atoms with E-state index in [0.717, 1.165) is 17.5 Å². The van der Waals surface area contributed by atoms with Crippen molar-refractivity contribution in [2.45, 2.75) is 32.0 Å². The lowest BCUT2D eigenvalue weighted by Crippen LogP contribution is -2.27. The molecule has 3 aromatic heterocycles. The fourth-order valence-electron chi connectivity index (χ4n) is 2.70. The fourth-order valence-corrected chi connectivity index (χ4v) is 3.72. The van der Waals surface area contributed by atoms with Crippen molar-refractivity contribution in [3.05, 3.63) is 62.7 Å². The van der Waals surface area contributed by atoms with Crippen molar-refractivity contribution in [3.63, 3.8) is 0 Å². The third-order valence-electron chi connectivity index (χ3n) is 4.44. The average molecular weight is 539 g/mol. The molecule has 3 rings (SSSR count). The number of anilines is 1. The molecule has 188 valence electrons. The molecule has 9 nitrogen and oxygen atoms in total. The molecule has 0 aliphatic rings. The minimum absolute atomic E-state index is 0.0289. The van der Waals surface area contributed by atoms with Crippen molar-refractivity contribution in [1.29, 1.82) is 0 Å². The summed E-state index contributed by atoms with van der Waals surface area (Å²) in [5.74, 6) is 4.06. The lowest BCUT2D eigenvalue weighted by molar-refractivity contribution is -0.137. The topological polar surface area (TPSA) is 130 Å². The zero-order valence-corrected chi connectivity index (χ0v) is 20.1. The first kappa shape index (κ1) is 27.0. The average Bonchev–Trinajstić information content (AvgIpc) is 3.33. The highest BCUT2D eigenvalue weighted by Gasteiger charge is 2.34. The van der Waals surface area contributed by atoms with E-state index in [0.29, 0.717) is 29.6 Å². The number of aliphatic hydroxyl groups is 1. The summed E-state index contributed by atoms with van der Waals surface area (Å²) in [5.41, 5.74) is -0.703. The maximum Gasteiger partial charge on any atom is 0.418 e. The first-order valence-electron chi connectivity index (χ1n) is 10.3. The Morgan fingerprint density at radius 2 is 1.94 bits per heavy atom. The first-order chi connectivity index (χ1) is 17.1. The Morgan fingerprint density at radius 3 is 2.67 bits per heavy atom. The molecular formula is C22H18ClF3N6O3S. The standard InChI is InChI=1S/C22H18ClF3N6O3S/c1-12(31-19(34)16-7-13(29-11-30-16)5-3-2-4-6-33)21-28-10-17(36-21)20(35)32-18-8-14(22(24,25)26)15(23)9-27-18/h7-12,33H,2,4,6H2,1H3,(H,31,34)(H,27,32,35). The predicted molar refractivity (Wildman–Crippen MR) is 125 cm³/mol. The van der Waals surface area contributed by atoms with E-state index in [-0.39, 0.29) is 23.0 Å². The van der Waals surface area contributed by atoms with E-state index in [2.05, 4.69) is 42.4 Å². The van der Waals surface area contributed by atoms with Crippen LogP contribution >= 0.6 is 22.9 Å². The van der Waals surface area contributed by atoms with E-state index in [1.807, 2.05) is 0 Å². The lowest BCUT2D eigenvalue weighted by Gasteiger charge is -2.11. The van der Waals surface area contributed by atoms with E-state index in [4.69, 9.17) is 16.7 Å². The molecule has 0 aliphatic carbocycles. The van der Waals surface area contributed by atoms with Crippen molar-refractivity contribution in [3.8, 4) is 11.8 Å². The van der Waals surface area contributed by atoms with Gasteiger partial charge in [0.05, 0.1) is 22.8 Å². The molecule has 0 aliphatic heterocycles. The lowest BCUT2D eigenvalue weighted by atomic mass is 10.2. The van der Waals surface area contributed by atoms with E-state index in [9.17, 15) is 22.8 Å². The minimum Gasteiger partial charge on any atom is -0.396 e. The number of carbonyl (C=O) groups is 2. The number of alkyl halides is 3. The number of aromatic nitrogens is 4. The number of halogens is 4. The minimum atomic E-state index is -4.71. The number of nitrogens with zero attached hydrogens (tertiary/aromatic N) is 4. The van der Waals surface area contributed by atoms with Crippen LogP contribution in [-0.4, -0.2) is 43.5 Å². The zero-order valence-electron chi connectivity index (χ0n) is 18.6. The van der Waals surface area contributed by atoms with Gasteiger partial charge in [0.2, 0.25) is 0 Å². The number of unbranched alkanes of at least 4 members (excludes halogenated alkanes) is 1. The number of aliphatic hydroxyl groups excluding tert-OH is 1. The molecule has 0 radical (unpaired) electrons. The van der Waals surface area contributed by atoms with Gasteiger partial charge in [-0.3, -0.25) is 9.59 Å². The number of pyridine rings is 1. The number of thiazole rings is 1. The van der Waals surface area contributed by atoms with Gasteiger partial charge in [0.1, 0.15) is 33.4 Å². The quantitative estimate of drug-likeness (QED) is 0.307. The van der Waals surface area contributed by atoms with Gasteiger partial charge in [-0.2, -0.15) is 13.2 Å². The number of amides is 2. The molecule has 3 N–H and O–H groups in total. The van der Waals surface area contributed by atoms with Crippen LogP contribution < -0.4 is 10.6 Å². The molecule has 0 spiro atoms. The monoisotopic (exact) mass is 538 g/mol. The molecule has 1 unspecified atom stereocenters. The molecule has 1 atom stereocenters. The maximum absolute atomic E-state index is 13.0. The van der Waals surface area contributed by atoms with Crippen molar-refractivity contribution in [2.24, 2.45) is 0 Å². The number of rotatable bonds is 7. The van der Waals surface area contributed by atoms with Crippen LogP contribution in [0.4, 0.5) is 19.0 Å². The second kappa shape index (κ2) is 11.9. The molecule has 0 bridgehead atoms. The summed E-state index contributed by atoms with van der Waals surface area (Å²) in [6.45, 7) is 1.67. The molecule has 14 heteroatoms. The van der Waals surface area contributed by atoms with Crippen LogP contribution in [0.5, 0.6) is 0 Å². The van der Waals surface area contributed by atoms with Gasteiger partial charge in [-0.25, -0.2) is 19.9 Å². The molecule has 3 heterocycles. The third kappa shape index (κ3) is 7.20. The highest BCUT2D eigenvalue weighted by atomic mass is 35.5. The molecule has 0 saturated carbocycles. The Balaban J connectivity index is 1.65. The molecule has 2 amide bonds. The molecule has 0 fully saturated rings. The van der Waals surface area contributed by atoms with Gasteiger partial charge >= 0.3 is 6.18 Å². The maximum atomic E-state index is 13.0. The van der Waals surface area contributed by atoms with Gasteiger partial charge in [-0.15, -0.1) is 11.3 Å². The van der Waals surface area contributed by atoms with Crippen LogP contribution in [0.3, 0.4) is 0 Å². The Morgan fingerprint density at radius 1 is 1.17 bits per heavy atom. The summed E-state index contributed by atoms with van der Waals surface area (Å²) in [4.78, 5) is 40.9. The number of hydrogen-bond acceptors (Lipinski definition) is 8. The highest BCUT2D eigenvalue weighted by Crippen LogP contribution is 2.35. The zero-order chi connectivity index (χ0) is 26.3. The Bertz CT molecular complexity index is 1320. The van der Waals surface area contributed by atoms with Gasteiger partial charge in [0.25, 0.3) is 11.8 Å². The molecule has 36 heavy (non-hydrogen) atoms. The van der Waals surface area contributed by atoms with Crippen molar-refractivity contribution in [2.75, 3.05) is 11.9 Å². The first-order valence-corrected chi connectivity index (χ1v) is 11.5. The largest absolute Gasteiger partial charge is 0.418 e. The number of nitrogens with one attached hydrogen (secondary N) is 2. The van der Waals surface area contributed by atoms with Crippen LogP contribution in [0.25, 0.3) is 0 Å². The SMILES string of the molecule is CC(NC(=O)c1cc(C#CCCCO)ncn1)c1ncc(C(=O)Nc2cc(C(F)(F)F)c(Cl)cn2)s1. The van der Waals surface area contributed by atoms with Crippen molar-refractivity contribution in [1.82, 2.24) is 25.3 Å². The smallest absolute Gasteiger partial charge is 0.396 e. The van der Waals surface area contributed by atoms with Crippen molar-refractivity contribution >= 4 is 40.6 Å². The second-order valence-electron chi connectivity index (χ2n) is 7.18. The van der Waals surface area contributed by atoms with Gasteiger partial charge in [0, 0.05) is 25.3 Å². The summed E-state index contributed by atoms with van der Waals surface area (Å²) in [6, 6.07) is 1.45. The molecule has 0 saturated heterocycles. The van der Waals surface area contributed by atoms with Gasteiger partial charge in [-0.1, -0.05) is 17.5 Å². The van der Waals surface area contributed by atoms with Crippen LogP contribution in [0.1, 0.15) is 62.2 Å². The molecule has 3 aromatic rings. The normalized spacial score (nSPS) is 11.8. The van der Waals surface area contributed by atoms with E-state index < -0.39 is 34.6 Å². The summed E-state index contributed by atoms with van der Waals surface area (Å²) >= 11 is 6.49. The number of hydrogen-bond donors (Lipinski definition) is 3. The summed E-state index contributed by atoms with van der Waals surface area (Å²) < 4.78 is 39.1. The van der Waals surface area contributed by atoms with Gasteiger partial charge in [-0.05, 0) is 25.3 Å². The van der Waals surface area contributed by atoms with Crippen LogP contribution in [0, 0.1) is 11.8 Å². The highest BCUT2D eigenvalue weighted by molar-refractivity contribution is 7.13. The van der Waals surface area contributed by atoms with Crippen LogP contribution in [0.2, 0.25) is 5.02 Å². The molecule has 0 aromatic carbocycles. The Labute approximate surface area is 212 Å². The Kier molecular flexibility index (Phi) is 8.92.